The molecule has 0 spiro atoms. The monoisotopic (exact) mass is 140 g/mol. The highest BCUT2D eigenvalue weighted by Gasteiger charge is 1.86. The average Bonchev–Trinajstić information content (AvgIpc) is 1.88. The van der Waals surface area contributed by atoms with Crippen molar-refractivity contribution in [2.24, 2.45) is 0 Å². The van der Waals surface area contributed by atoms with Crippen molar-refractivity contribution in [1.82, 2.24) is 0 Å². The Morgan fingerprint density at radius 2 is 2.44 bits per heavy atom. The lowest BCUT2D eigenvalue weighted by Crippen LogP contribution is -1.92. The minimum absolute atomic E-state index is 0.148. The van der Waals surface area contributed by atoms with Crippen LogP contribution in [0.25, 0.3) is 0 Å². The molecule has 0 N–H and O–H groups in total. The molecule has 0 aliphatic rings. The summed E-state index contributed by atoms with van der Waals surface area (Å²) in [5, 5.41) is 1.83. The Hall–Kier alpha value is -0.630. The summed E-state index contributed by atoms with van der Waals surface area (Å²) in [4.78, 5) is 10.7. The van der Waals surface area contributed by atoms with Gasteiger partial charge in [0.25, 0.3) is 0 Å². The maximum absolute atomic E-state index is 10.7. The predicted octanol–water partition coefficient (Wildman–Crippen LogP) is 1.67. The molecule has 0 aromatic carbocycles. The standard InChI is InChI=1S/C7H8OS/c1-2-6-3-4-9-7(8)5-6/h3-5H,2H2,1H3. The van der Waals surface area contributed by atoms with Crippen LogP contribution in [0.5, 0.6) is 0 Å². The zero-order valence-electron chi connectivity index (χ0n) is 5.26. The van der Waals surface area contributed by atoms with Crippen LogP contribution in [0.1, 0.15) is 12.5 Å². The Labute approximate surface area is 58.0 Å². The summed E-state index contributed by atoms with van der Waals surface area (Å²) in [6, 6.07) is 3.66. The first-order valence-corrected chi connectivity index (χ1v) is 3.78. The molecule has 0 amide bonds. The van der Waals surface area contributed by atoms with Crippen molar-refractivity contribution in [3.63, 3.8) is 0 Å². The molecular formula is C7H8OS. The SMILES string of the molecule is CCc1ccsc(=O)c1. The third-order valence-corrected chi connectivity index (χ3v) is 1.80. The molecule has 1 nitrogen and oxygen atoms in total. The Morgan fingerprint density at radius 3 is 2.89 bits per heavy atom. The van der Waals surface area contributed by atoms with E-state index in [0.717, 1.165) is 12.0 Å². The summed E-state index contributed by atoms with van der Waals surface area (Å²) in [5.74, 6) is 0. The first-order valence-electron chi connectivity index (χ1n) is 2.90. The molecule has 0 saturated carbocycles. The fourth-order valence-electron chi connectivity index (χ4n) is 0.642. The van der Waals surface area contributed by atoms with E-state index in [4.69, 9.17) is 0 Å². The third kappa shape index (κ3) is 1.64. The van der Waals surface area contributed by atoms with Crippen LogP contribution in [-0.2, 0) is 6.42 Å². The minimum Gasteiger partial charge on any atom is -0.278 e. The zero-order chi connectivity index (χ0) is 6.69. The van der Waals surface area contributed by atoms with E-state index in [-0.39, 0.29) is 4.74 Å². The summed E-state index contributed by atoms with van der Waals surface area (Å²) < 4.78 is 0.148. The minimum atomic E-state index is 0.148. The molecule has 1 aromatic rings. The molecule has 0 atom stereocenters. The Kier molecular flexibility index (Phi) is 2.01. The van der Waals surface area contributed by atoms with Gasteiger partial charge in [-0.1, -0.05) is 6.92 Å². The van der Waals surface area contributed by atoms with Crippen LogP contribution in [0.15, 0.2) is 22.3 Å². The van der Waals surface area contributed by atoms with E-state index >= 15 is 0 Å². The number of rotatable bonds is 1. The number of aryl methyl sites for hydroxylation is 1. The van der Waals surface area contributed by atoms with Crippen molar-refractivity contribution in [3.8, 4) is 0 Å². The maximum atomic E-state index is 10.7. The van der Waals surface area contributed by atoms with Gasteiger partial charge in [-0.2, -0.15) is 0 Å². The highest BCUT2D eigenvalue weighted by atomic mass is 32.1. The lowest BCUT2D eigenvalue weighted by molar-refractivity contribution is 1.14. The molecule has 0 saturated heterocycles. The summed E-state index contributed by atoms with van der Waals surface area (Å²) in [6.07, 6.45) is 0.947. The van der Waals surface area contributed by atoms with E-state index in [1.54, 1.807) is 6.07 Å². The zero-order valence-corrected chi connectivity index (χ0v) is 6.07. The summed E-state index contributed by atoms with van der Waals surface area (Å²) in [5.41, 5.74) is 1.12. The second-order valence-electron chi connectivity index (χ2n) is 1.81. The number of hydrogen-bond donors (Lipinski definition) is 0. The van der Waals surface area contributed by atoms with Gasteiger partial charge < -0.3 is 0 Å². The maximum Gasteiger partial charge on any atom is 0.232 e. The van der Waals surface area contributed by atoms with E-state index in [1.165, 1.54) is 11.3 Å². The van der Waals surface area contributed by atoms with Gasteiger partial charge in [0, 0.05) is 0 Å². The van der Waals surface area contributed by atoms with E-state index in [9.17, 15) is 4.79 Å². The highest BCUT2D eigenvalue weighted by molar-refractivity contribution is 7.07. The van der Waals surface area contributed by atoms with Gasteiger partial charge >= 0.3 is 0 Å². The molecule has 1 rings (SSSR count). The van der Waals surface area contributed by atoms with Crippen LogP contribution >= 0.6 is 11.3 Å². The van der Waals surface area contributed by atoms with Gasteiger partial charge in [-0.25, -0.2) is 0 Å². The fourth-order valence-corrected chi connectivity index (χ4v) is 1.24. The fraction of sp³-hybridized carbons (Fsp3) is 0.286. The second-order valence-corrected chi connectivity index (χ2v) is 2.72. The first kappa shape index (κ1) is 6.49. The Balaban J connectivity index is 3.08. The lowest BCUT2D eigenvalue weighted by Gasteiger charge is -1.88. The van der Waals surface area contributed by atoms with Crippen LogP contribution in [0.4, 0.5) is 0 Å². The Morgan fingerprint density at radius 1 is 1.67 bits per heavy atom. The van der Waals surface area contributed by atoms with Crippen molar-refractivity contribution < 1.29 is 0 Å². The molecule has 0 unspecified atom stereocenters. The predicted molar refractivity (Wildman–Crippen MR) is 40.0 cm³/mol. The number of hydrogen-bond acceptors (Lipinski definition) is 2. The van der Waals surface area contributed by atoms with Crippen molar-refractivity contribution in [2.45, 2.75) is 13.3 Å². The molecule has 0 aliphatic heterocycles. The highest BCUT2D eigenvalue weighted by Crippen LogP contribution is 1.96. The van der Waals surface area contributed by atoms with Crippen molar-refractivity contribution in [2.75, 3.05) is 0 Å². The molecule has 1 aromatic heterocycles. The van der Waals surface area contributed by atoms with E-state index in [0.29, 0.717) is 0 Å². The van der Waals surface area contributed by atoms with Crippen LogP contribution < -0.4 is 4.74 Å². The van der Waals surface area contributed by atoms with Crippen molar-refractivity contribution in [3.05, 3.63) is 32.6 Å². The molecule has 0 fully saturated rings. The van der Waals surface area contributed by atoms with Gasteiger partial charge in [-0.15, -0.1) is 11.3 Å². The van der Waals surface area contributed by atoms with Crippen LogP contribution in [0, 0.1) is 0 Å². The third-order valence-electron chi connectivity index (χ3n) is 1.18. The topological polar surface area (TPSA) is 17.1 Å². The quantitative estimate of drug-likeness (QED) is 0.580. The van der Waals surface area contributed by atoms with Crippen LogP contribution in [-0.4, -0.2) is 0 Å². The van der Waals surface area contributed by atoms with Gasteiger partial charge in [0.2, 0.25) is 4.74 Å². The normalized spacial score (nSPS) is 9.44. The summed E-state index contributed by atoms with van der Waals surface area (Å²) >= 11 is 1.24. The van der Waals surface area contributed by atoms with Crippen LogP contribution in [0.2, 0.25) is 0 Å². The van der Waals surface area contributed by atoms with Gasteiger partial charge in [0.15, 0.2) is 0 Å². The molecule has 0 radical (unpaired) electrons. The first-order chi connectivity index (χ1) is 4.33. The summed E-state index contributed by atoms with van der Waals surface area (Å²) in [6.45, 7) is 2.04. The van der Waals surface area contributed by atoms with Crippen molar-refractivity contribution in [1.29, 1.82) is 0 Å². The molecule has 0 bridgehead atoms. The summed E-state index contributed by atoms with van der Waals surface area (Å²) in [7, 11) is 0. The molecule has 1 heterocycles. The molecule has 9 heavy (non-hydrogen) atoms. The lowest BCUT2D eigenvalue weighted by atomic mass is 10.2. The second kappa shape index (κ2) is 2.78. The van der Waals surface area contributed by atoms with Gasteiger partial charge in [-0.05, 0) is 29.5 Å². The van der Waals surface area contributed by atoms with Gasteiger partial charge in [0.1, 0.15) is 0 Å². The molecular weight excluding hydrogens is 132 g/mol. The Bertz CT molecular complexity index is 239. The largest absolute Gasteiger partial charge is 0.278 e. The molecule has 48 valence electrons. The van der Waals surface area contributed by atoms with E-state index < -0.39 is 0 Å². The van der Waals surface area contributed by atoms with E-state index in [2.05, 4.69) is 0 Å². The average molecular weight is 140 g/mol. The van der Waals surface area contributed by atoms with Crippen molar-refractivity contribution >= 4 is 11.3 Å². The molecule has 2 heteroatoms. The van der Waals surface area contributed by atoms with E-state index in [1.807, 2.05) is 18.4 Å². The molecule has 0 aliphatic carbocycles. The van der Waals surface area contributed by atoms with Gasteiger partial charge in [-0.3, -0.25) is 4.79 Å². The van der Waals surface area contributed by atoms with Crippen LogP contribution in [0.3, 0.4) is 0 Å². The smallest absolute Gasteiger partial charge is 0.232 e. The van der Waals surface area contributed by atoms with Gasteiger partial charge in [0.05, 0.1) is 0 Å².